The Bertz CT molecular complexity index is 1050. The van der Waals surface area contributed by atoms with E-state index in [1.54, 1.807) is 12.1 Å². The molecule has 0 aliphatic carbocycles. The number of imidazole rings is 1. The average Bonchev–Trinajstić information content (AvgIpc) is 2.92. The first-order valence-electron chi connectivity index (χ1n) is 7.54. The molecule has 0 spiro atoms. The Morgan fingerprint density at radius 3 is 2.48 bits per heavy atom. The number of fused-ring (bicyclic) bond motifs is 1. The monoisotopic (exact) mass is 365 g/mol. The summed E-state index contributed by atoms with van der Waals surface area (Å²) in [5.74, 6) is -1.09. The Morgan fingerprint density at radius 2 is 1.80 bits per heavy atom. The van der Waals surface area contributed by atoms with Crippen molar-refractivity contribution >= 4 is 26.7 Å². The molecule has 3 rings (SSSR count). The minimum atomic E-state index is -4.26. The number of aromatic amines is 1. The van der Waals surface area contributed by atoms with Crippen LogP contribution in [0.5, 0.6) is 0 Å². The van der Waals surface area contributed by atoms with Crippen molar-refractivity contribution in [3.05, 3.63) is 53.9 Å². The summed E-state index contributed by atoms with van der Waals surface area (Å²) in [5.41, 5.74) is 1.36. The van der Waals surface area contributed by atoms with Gasteiger partial charge in [0.05, 0.1) is 16.7 Å². The molecule has 0 aliphatic rings. The molecule has 132 valence electrons. The van der Waals surface area contributed by atoms with E-state index < -0.39 is 26.6 Å². The van der Waals surface area contributed by atoms with Gasteiger partial charge >= 0.3 is 0 Å². The van der Waals surface area contributed by atoms with Gasteiger partial charge in [0.2, 0.25) is 0 Å². The summed E-state index contributed by atoms with van der Waals surface area (Å²) < 4.78 is 53.9. The fourth-order valence-corrected chi connectivity index (χ4v) is 3.46. The van der Waals surface area contributed by atoms with Gasteiger partial charge in [-0.3, -0.25) is 4.72 Å². The smallest absolute Gasteiger partial charge is 0.264 e. The minimum absolute atomic E-state index is 0.191. The van der Waals surface area contributed by atoms with Crippen molar-refractivity contribution in [2.24, 2.45) is 0 Å². The SMILES string of the molecule is CC(C)(C)c1nc2ccc(NS(=O)(=O)c3cc(F)ccc3F)cc2[nH]1. The molecule has 2 aromatic carbocycles. The Balaban J connectivity index is 1.98. The molecule has 0 amide bonds. The van der Waals surface area contributed by atoms with Gasteiger partial charge in [0.1, 0.15) is 22.4 Å². The first kappa shape index (κ1) is 17.3. The van der Waals surface area contributed by atoms with Crippen LogP contribution in [-0.4, -0.2) is 18.4 Å². The van der Waals surface area contributed by atoms with Crippen LogP contribution in [0, 0.1) is 11.6 Å². The summed E-state index contributed by atoms with van der Waals surface area (Å²) in [6.45, 7) is 6.00. The molecule has 2 N–H and O–H groups in total. The first-order chi connectivity index (χ1) is 11.6. The minimum Gasteiger partial charge on any atom is -0.341 e. The molecule has 0 saturated heterocycles. The molecule has 0 fully saturated rings. The third-order valence-electron chi connectivity index (χ3n) is 3.63. The predicted molar refractivity (Wildman–Crippen MR) is 92.0 cm³/mol. The maximum absolute atomic E-state index is 13.8. The molecule has 3 aromatic rings. The quantitative estimate of drug-likeness (QED) is 0.738. The first-order valence-corrected chi connectivity index (χ1v) is 9.03. The Kier molecular flexibility index (Phi) is 4.03. The number of anilines is 1. The normalized spacial score (nSPS) is 12.5. The highest BCUT2D eigenvalue weighted by Gasteiger charge is 2.21. The van der Waals surface area contributed by atoms with Crippen LogP contribution in [0.15, 0.2) is 41.3 Å². The standard InChI is InChI=1S/C17H17F2N3O2S/c1-17(2,3)16-20-13-7-5-11(9-14(13)21-16)22-25(23,24)15-8-10(18)4-6-12(15)19/h4-9,22H,1-3H3,(H,20,21). The fraction of sp³-hybridized carbons (Fsp3) is 0.235. The molecular formula is C17H17F2N3O2S. The van der Waals surface area contributed by atoms with E-state index in [4.69, 9.17) is 0 Å². The lowest BCUT2D eigenvalue weighted by molar-refractivity contribution is 0.554. The zero-order valence-electron chi connectivity index (χ0n) is 13.9. The van der Waals surface area contributed by atoms with Gasteiger partial charge in [-0.1, -0.05) is 20.8 Å². The van der Waals surface area contributed by atoms with Crippen LogP contribution in [0.1, 0.15) is 26.6 Å². The van der Waals surface area contributed by atoms with Gasteiger partial charge in [-0.2, -0.15) is 0 Å². The summed E-state index contributed by atoms with van der Waals surface area (Å²) in [7, 11) is -4.26. The average molecular weight is 365 g/mol. The second-order valence-electron chi connectivity index (χ2n) is 6.75. The van der Waals surface area contributed by atoms with Crippen molar-refractivity contribution in [1.82, 2.24) is 9.97 Å². The zero-order valence-corrected chi connectivity index (χ0v) is 14.7. The van der Waals surface area contributed by atoms with Crippen LogP contribution in [0.4, 0.5) is 14.5 Å². The van der Waals surface area contributed by atoms with E-state index in [1.807, 2.05) is 20.8 Å². The highest BCUT2D eigenvalue weighted by molar-refractivity contribution is 7.92. The van der Waals surface area contributed by atoms with Gasteiger partial charge in [0.15, 0.2) is 0 Å². The van der Waals surface area contributed by atoms with Crippen LogP contribution in [0.25, 0.3) is 11.0 Å². The molecule has 1 heterocycles. The van der Waals surface area contributed by atoms with Gasteiger partial charge < -0.3 is 4.98 Å². The van der Waals surface area contributed by atoms with Gasteiger partial charge in [-0.15, -0.1) is 0 Å². The van der Waals surface area contributed by atoms with Crippen LogP contribution < -0.4 is 4.72 Å². The van der Waals surface area contributed by atoms with Crippen molar-refractivity contribution in [3.8, 4) is 0 Å². The summed E-state index contributed by atoms with van der Waals surface area (Å²) >= 11 is 0. The van der Waals surface area contributed by atoms with Crippen LogP contribution >= 0.6 is 0 Å². The molecule has 0 aliphatic heterocycles. The number of benzene rings is 2. The fourth-order valence-electron chi connectivity index (χ4n) is 2.32. The van der Waals surface area contributed by atoms with Crippen molar-refractivity contribution in [2.45, 2.75) is 31.1 Å². The number of hydrogen-bond donors (Lipinski definition) is 2. The van der Waals surface area contributed by atoms with Crippen molar-refractivity contribution in [2.75, 3.05) is 4.72 Å². The van der Waals surface area contributed by atoms with Gasteiger partial charge in [0, 0.05) is 5.41 Å². The number of rotatable bonds is 3. The van der Waals surface area contributed by atoms with Crippen LogP contribution in [-0.2, 0) is 15.4 Å². The molecule has 1 aromatic heterocycles. The van der Waals surface area contributed by atoms with Gasteiger partial charge in [-0.25, -0.2) is 22.2 Å². The van der Waals surface area contributed by atoms with E-state index in [0.717, 1.165) is 18.0 Å². The molecule has 0 bridgehead atoms. The number of hydrogen-bond acceptors (Lipinski definition) is 3. The third kappa shape index (κ3) is 3.48. The third-order valence-corrected chi connectivity index (χ3v) is 5.02. The summed E-state index contributed by atoms with van der Waals surface area (Å²) in [5, 5.41) is 0. The van der Waals surface area contributed by atoms with Crippen LogP contribution in [0.3, 0.4) is 0 Å². The number of halogens is 2. The highest BCUT2D eigenvalue weighted by Crippen LogP contribution is 2.26. The molecular weight excluding hydrogens is 348 g/mol. The number of H-pyrrole nitrogens is 1. The van der Waals surface area contributed by atoms with Crippen LogP contribution in [0.2, 0.25) is 0 Å². The number of sulfonamides is 1. The van der Waals surface area contributed by atoms with E-state index in [1.165, 1.54) is 6.07 Å². The number of nitrogens with zero attached hydrogens (tertiary/aromatic N) is 1. The zero-order chi connectivity index (χ0) is 18.4. The largest absolute Gasteiger partial charge is 0.341 e. The maximum atomic E-state index is 13.8. The summed E-state index contributed by atoms with van der Waals surface area (Å²) in [6.07, 6.45) is 0. The molecule has 0 saturated carbocycles. The van der Waals surface area contributed by atoms with Crippen molar-refractivity contribution < 1.29 is 17.2 Å². The molecule has 0 atom stereocenters. The molecule has 0 unspecified atom stereocenters. The molecule has 0 radical (unpaired) electrons. The predicted octanol–water partition coefficient (Wildman–Crippen LogP) is 3.94. The summed E-state index contributed by atoms with van der Waals surface area (Å²) in [4.78, 5) is 6.86. The lowest BCUT2D eigenvalue weighted by Gasteiger charge is -2.13. The molecule has 25 heavy (non-hydrogen) atoms. The van der Waals surface area contributed by atoms with E-state index in [0.29, 0.717) is 17.1 Å². The second-order valence-corrected chi connectivity index (χ2v) is 8.40. The molecule has 8 heteroatoms. The van der Waals surface area contributed by atoms with E-state index >= 15 is 0 Å². The summed E-state index contributed by atoms with van der Waals surface area (Å²) in [6, 6.07) is 7.01. The highest BCUT2D eigenvalue weighted by atomic mass is 32.2. The number of nitrogens with one attached hydrogen (secondary N) is 2. The lowest BCUT2D eigenvalue weighted by atomic mass is 9.96. The molecule has 5 nitrogen and oxygen atoms in total. The maximum Gasteiger partial charge on any atom is 0.264 e. The van der Waals surface area contributed by atoms with Gasteiger partial charge in [-0.05, 0) is 36.4 Å². The second kappa shape index (κ2) is 5.80. The van der Waals surface area contributed by atoms with Crippen molar-refractivity contribution in [3.63, 3.8) is 0 Å². The van der Waals surface area contributed by atoms with Gasteiger partial charge in [0.25, 0.3) is 10.0 Å². The Hall–Kier alpha value is -2.48. The van der Waals surface area contributed by atoms with E-state index in [-0.39, 0.29) is 11.1 Å². The van der Waals surface area contributed by atoms with E-state index in [2.05, 4.69) is 14.7 Å². The van der Waals surface area contributed by atoms with Crippen molar-refractivity contribution in [1.29, 1.82) is 0 Å². The number of aromatic nitrogens is 2. The van der Waals surface area contributed by atoms with E-state index in [9.17, 15) is 17.2 Å². The topological polar surface area (TPSA) is 74.8 Å². The lowest BCUT2D eigenvalue weighted by Crippen LogP contribution is -2.14. The Morgan fingerprint density at radius 1 is 1.08 bits per heavy atom. The Labute approximate surface area is 144 Å².